The van der Waals surface area contributed by atoms with Crippen LogP contribution in [0.5, 0.6) is 0 Å². The van der Waals surface area contributed by atoms with E-state index in [2.05, 4.69) is 10.0 Å². The Morgan fingerprint density at radius 3 is 2.68 bits per heavy atom. The van der Waals surface area contributed by atoms with Gasteiger partial charge in [-0.3, -0.25) is 0 Å². The number of benzene rings is 1. The van der Waals surface area contributed by atoms with Crippen LogP contribution in [0.3, 0.4) is 0 Å². The van der Waals surface area contributed by atoms with E-state index in [4.69, 9.17) is 24.5 Å². The number of ether oxygens (including phenoxy) is 4. The molecule has 0 radical (unpaired) electrons. The molecule has 0 saturated carbocycles. The first-order valence-electron chi connectivity index (χ1n) is 7.26. The van der Waals surface area contributed by atoms with Crippen molar-refractivity contribution in [3.63, 3.8) is 0 Å². The molecule has 0 amide bonds. The summed E-state index contributed by atoms with van der Waals surface area (Å²) in [7, 11) is 0. The molecular formula is C15H19N3O4. The van der Waals surface area contributed by atoms with Gasteiger partial charge in [-0.25, -0.2) is 0 Å². The minimum atomic E-state index is -0.708. The zero-order valence-electron chi connectivity index (χ0n) is 12.6. The van der Waals surface area contributed by atoms with Crippen LogP contribution in [0.2, 0.25) is 0 Å². The standard InChI is InChI=1S/C15H19N3O4/c1-15(2)21-12-11(20-14(17-18-16)13(12)22-15)9-19-8-10-6-4-3-5-7-10/h3-7,11-14H,8-9H2,1-2H3/t11-,12-,13-,14-/m1/s1. The first-order valence-corrected chi connectivity index (χ1v) is 7.26. The second-order valence-electron chi connectivity index (χ2n) is 5.84. The SMILES string of the molecule is CC1(C)O[C@@H]2[C@H](O1)[C@@H](COCc1ccccc1)O[C@H]2N=[N+]=[N-]. The Balaban J connectivity index is 1.60. The summed E-state index contributed by atoms with van der Waals surface area (Å²) in [5.41, 5.74) is 9.73. The lowest BCUT2D eigenvalue weighted by molar-refractivity contribution is -0.191. The molecule has 3 rings (SSSR count). The van der Waals surface area contributed by atoms with Gasteiger partial charge in [0.15, 0.2) is 12.0 Å². The Morgan fingerprint density at radius 2 is 1.95 bits per heavy atom. The highest BCUT2D eigenvalue weighted by atomic mass is 16.8. The highest BCUT2D eigenvalue weighted by molar-refractivity contribution is 5.13. The summed E-state index contributed by atoms with van der Waals surface area (Å²) in [5, 5.41) is 3.65. The maximum atomic E-state index is 8.64. The summed E-state index contributed by atoms with van der Waals surface area (Å²) >= 11 is 0. The van der Waals surface area contributed by atoms with Crippen LogP contribution in [0.4, 0.5) is 0 Å². The lowest BCUT2D eigenvalue weighted by atomic mass is 10.1. The molecule has 2 aliphatic heterocycles. The average molecular weight is 305 g/mol. The molecule has 0 N–H and O–H groups in total. The molecule has 2 heterocycles. The van der Waals surface area contributed by atoms with E-state index in [0.29, 0.717) is 13.2 Å². The molecule has 2 aliphatic rings. The van der Waals surface area contributed by atoms with Crippen LogP contribution in [0.25, 0.3) is 10.4 Å². The third-order valence-corrected chi connectivity index (χ3v) is 3.68. The van der Waals surface area contributed by atoms with E-state index in [9.17, 15) is 0 Å². The first-order chi connectivity index (χ1) is 10.6. The predicted molar refractivity (Wildman–Crippen MR) is 77.7 cm³/mol. The van der Waals surface area contributed by atoms with Crippen molar-refractivity contribution in [1.82, 2.24) is 0 Å². The van der Waals surface area contributed by atoms with E-state index < -0.39 is 18.1 Å². The Labute approximate surface area is 128 Å². The molecule has 2 saturated heterocycles. The zero-order valence-corrected chi connectivity index (χ0v) is 12.6. The van der Waals surface area contributed by atoms with Gasteiger partial charge >= 0.3 is 0 Å². The molecule has 0 spiro atoms. The van der Waals surface area contributed by atoms with Gasteiger partial charge in [-0.15, -0.1) is 0 Å². The molecule has 0 bridgehead atoms. The average Bonchev–Trinajstić information content (AvgIpc) is 2.96. The van der Waals surface area contributed by atoms with Crippen molar-refractivity contribution in [1.29, 1.82) is 0 Å². The van der Waals surface area contributed by atoms with Crippen LogP contribution in [0, 0.1) is 0 Å². The second kappa shape index (κ2) is 6.24. The Kier molecular flexibility index (Phi) is 4.33. The molecule has 0 aromatic heterocycles. The summed E-state index contributed by atoms with van der Waals surface area (Å²) in [6.07, 6.45) is -1.68. The third-order valence-electron chi connectivity index (χ3n) is 3.68. The smallest absolute Gasteiger partial charge is 0.165 e. The van der Waals surface area contributed by atoms with E-state index in [1.165, 1.54) is 0 Å². The highest BCUT2D eigenvalue weighted by Crippen LogP contribution is 2.39. The highest BCUT2D eigenvalue weighted by Gasteiger charge is 2.54. The Hall–Kier alpha value is -1.63. The normalized spacial score (nSPS) is 32.5. The molecule has 4 atom stereocenters. The van der Waals surface area contributed by atoms with Crippen LogP contribution < -0.4 is 0 Å². The maximum Gasteiger partial charge on any atom is 0.165 e. The van der Waals surface area contributed by atoms with E-state index in [-0.39, 0.29) is 12.2 Å². The first kappa shape index (κ1) is 15.3. The van der Waals surface area contributed by atoms with Gasteiger partial charge < -0.3 is 18.9 Å². The topological polar surface area (TPSA) is 85.7 Å². The molecule has 7 heteroatoms. The minimum absolute atomic E-state index is 0.290. The quantitative estimate of drug-likeness (QED) is 0.475. The second-order valence-corrected chi connectivity index (χ2v) is 5.84. The molecule has 22 heavy (non-hydrogen) atoms. The fourth-order valence-electron chi connectivity index (χ4n) is 2.80. The summed E-state index contributed by atoms with van der Waals surface area (Å²) < 4.78 is 23.0. The molecular weight excluding hydrogens is 286 g/mol. The Bertz CT molecular complexity index is 559. The Morgan fingerprint density at radius 1 is 1.23 bits per heavy atom. The van der Waals surface area contributed by atoms with Crippen molar-refractivity contribution in [3.8, 4) is 0 Å². The van der Waals surface area contributed by atoms with Crippen molar-refractivity contribution in [2.45, 2.75) is 50.8 Å². The van der Waals surface area contributed by atoms with E-state index in [1.54, 1.807) is 0 Å². The van der Waals surface area contributed by atoms with Crippen molar-refractivity contribution in [3.05, 3.63) is 46.3 Å². The summed E-state index contributed by atoms with van der Waals surface area (Å²) in [6, 6.07) is 9.90. The van der Waals surface area contributed by atoms with Crippen molar-refractivity contribution < 1.29 is 18.9 Å². The molecule has 0 unspecified atom stereocenters. The fourth-order valence-corrected chi connectivity index (χ4v) is 2.80. The van der Waals surface area contributed by atoms with Gasteiger partial charge in [0.25, 0.3) is 0 Å². The maximum absolute atomic E-state index is 8.64. The minimum Gasteiger partial charge on any atom is -0.374 e. The summed E-state index contributed by atoms with van der Waals surface area (Å²) in [6.45, 7) is 4.52. The van der Waals surface area contributed by atoms with Gasteiger partial charge in [-0.05, 0) is 24.9 Å². The summed E-state index contributed by atoms with van der Waals surface area (Å²) in [4.78, 5) is 2.81. The number of hydrogen-bond acceptors (Lipinski definition) is 5. The predicted octanol–water partition coefficient (Wildman–Crippen LogP) is 2.76. The fraction of sp³-hybridized carbons (Fsp3) is 0.600. The van der Waals surface area contributed by atoms with Crippen molar-refractivity contribution >= 4 is 0 Å². The van der Waals surface area contributed by atoms with Crippen LogP contribution in [0.1, 0.15) is 19.4 Å². The molecule has 1 aromatic carbocycles. The van der Waals surface area contributed by atoms with Gasteiger partial charge in [0.1, 0.15) is 18.3 Å². The van der Waals surface area contributed by atoms with Gasteiger partial charge in [-0.1, -0.05) is 35.4 Å². The molecule has 1 aromatic rings. The van der Waals surface area contributed by atoms with Gasteiger partial charge in [0, 0.05) is 4.91 Å². The number of fused-ring (bicyclic) bond motifs is 1. The lowest BCUT2D eigenvalue weighted by Crippen LogP contribution is -2.32. The van der Waals surface area contributed by atoms with Crippen LogP contribution >= 0.6 is 0 Å². The monoisotopic (exact) mass is 305 g/mol. The largest absolute Gasteiger partial charge is 0.374 e. The van der Waals surface area contributed by atoms with E-state index in [0.717, 1.165) is 5.56 Å². The van der Waals surface area contributed by atoms with Crippen LogP contribution in [0.15, 0.2) is 35.4 Å². The van der Waals surface area contributed by atoms with Gasteiger partial charge in [0.05, 0.1) is 13.2 Å². The van der Waals surface area contributed by atoms with Gasteiger partial charge in [0.2, 0.25) is 0 Å². The summed E-state index contributed by atoms with van der Waals surface area (Å²) in [5.74, 6) is -0.708. The molecule has 2 fully saturated rings. The number of rotatable bonds is 5. The molecule has 7 nitrogen and oxygen atoms in total. The van der Waals surface area contributed by atoms with Crippen LogP contribution in [-0.4, -0.2) is 36.9 Å². The van der Waals surface area contributed by atoms with Crippen molar-refractivity contribution in [2.24, 2.45) is 5.11 Å². The molecule has 118 valence electrons. The van der Waals surface area contributed by atoms with E-state index >= 15 is 0 Å². The van der Waals surface area contributed by atoms with Crippen molar-refractivity contribution in [2.75, 3.05) is 6.61 Å². The number of hydrogen-bond donors (Lipinski definition) is 0. The number of nitrogens with zero attached hydrogens (tertiary/aromatic N) is 3. The van der Waals surface area contributed by atoms with Crippen LogP contribution in [-0.2, 0) is 25.6 Å². The zero-order chi connectivity index (χ0) is 15.6. The lowest BCUT2D eigenvalue weighted by Gasteiger charge is -2.22. The number of azide groups is 1. The van der Waals surface area contributed by atoms with E-state index in [1.807, 2.05) is 44.2 Å². The third kappa shape index (κ3) is 3.24. The molecule has 0 aliphatic carbocycles. The van der Waals surface area contributed by atoms with Gasteiger partial charge in [-0.2, -0.15) is 0 Å².